The molecule has 0 aliphatic carbocycles. The molecule has 1 heterocycles. The van der Waals surface area contributed by atoms with Gasteiger partial charge in [-0.05, 0) is 41.8 Å². The summed E-state index contributed by atoms with van der Waals surface area (Å²) < 4.78 is 24.5. The molecule has 6 nitrogen and oxygen atoms in total. The van der Waals surface area contributed by atoms with E-state index in [0.717, 1.165) is 43.3 Å². The molecule has 2 aromatic carbocycles. The van der Waals surface area contributed by atoms with Gasteiger partial charge in [-0.3, -0.25) is 9.89 Å². The van der Waals surface area contributed by atoms with Crippen molar-refractivity contribution in [3.05, 3.63) is 65.5 Å². The van der Waals surface area contributed by atoms with Crippen LogP contribution in [0.4, 0.5) is 4.39 Å². The van der Waals surface area contributed by atoms with Crippen molar-refractivity contribution in [3.63, 3.8) is 0 Å². The van der Waals surface area contributed by atoms with Crippen LogP contribution in [0.2, 0.25) is 0 Å². The molecule has 0 spiro atoms. The zero-order chi connectivity index (χ0) is 21.2. The highest BCUT2D eigenvalue weighted by molar-refractivity contribution is 5.79. The van der Waals surface area contributed by atoms with E-state index in [1.807, 2.05) is 18.2 Å². The van der Waals surface area contributed by atoms with E-state index in [9.17, 15) is 4.39 Å². The van der Waals surface area contributed by atoms with Gasteiger partial charge in [-0.2, -0.15) is 0 Å². The lowest BCUT2D eigenvalue weighted by atomic mass is 10.0. The number of hydrogen-bond acceptors (Lipinski definition) is 4. The van der Waals surface area contributed by atoms with Gasteiger partial charge in [-0.25, -0.2) is 4.39 Å². The Bertz CT molecular complexity index is 807. The van der Waals surface area contributed by atoms with Gasteiger partial charge in [0, 0.05) is 33.2 Å². The maximum absolute atomic E-state index is 13.8. The highest BCUT2D eigenvalue weighted by Crippen LogP contribution is 2.22. The van der Waals surface area contributed by atoms with E-state index in [0.29, 0.717) is 19.8 Å². The number of methoxy groups -OCH3 is 1. The van der Waals surface area contributed by atoms with Gasteiger partial charge in [-0.1, -0.05) is 24.3 Å². The number of halogens is 1. The maximum atomic E-state index is 13.8. The van der Waals surface area contributed by atoms with Crippen LogP contribution in [0.25, 0.3) is 0 Å². The van der Waals surface area contributed by atoms with E-state index in [4.69, 9.17) is 9.47 Å². The molecule has 7 heteroatoms. The third-order valence-electron chi connectivity index (χ3n) is 5.27. The maximum Gasteiger partial charge on any atom is 0.191 e. The molecule has 2 N–H and O–H groups in total. The van der Waals surface area contributed by atoms with Crippen LogP contribution in [0, 0.1) is 5.82 Å². The van der Waals surface area contributed by atoms with Crippen LogP contribution < -0.4 is 15.4 Å². The van der Waals surface area contributed by atoms with Gasteiger partial charge < -0.3 is 20.1 Å². The monoisotopic (exact) mass is 414 g/mol. The molecule has 1 unspecified atom stereocenters. The van der Waals surface area contributed by atoms with Crippen LogP contribution in [0.5, 0.6) is 5.75 Å². The van der Waals surface area contributed by atoms with E-state index in [2.05, 4.69) is 32.7 Å². The number of ether oxygens (including phenoxy) is 2. The molecule has 2 aromatic rings. The lowest BCUT2D eigenvalue weighted by Crippen LogP contribution is -2.46. The molecule has 1 saturated heterocycles. The molecule has 1 atom stereocenters. The predicted octanol–water partition coefficient (Wildman–Crippen LogP) is 2.62. The topological polar surface area (TPSA) is 58.1 Å². The summed E-state index contributed by atoms with van der Waals surface area (Å²) in [5.74, 6) is 1.38. The third kappa shape index (κ3) is 6.43. The minimum absolute atomic E-state index is 0.0461. The number of hydrogen-bond donors (Lipinski definition) is 2. The van der Waals surface area contributed by atoms with Crippen molar-refractivity contribution in [2.24, 2.45) is 4.99 Å². The van der Waals surface area contributed by atoms with E-state index in [1.54, 1.807) is 26.3 Å². The first-order valence-corrected chi connectivity index (χ1v) is 10.3. The van der Waals surface area contributed by atoms with Gasteiger partial charge >= 0.3 is 0 Å². The molecule has 1 fully saturated rings. The van der Waals surface area contributed by atoms with Crippen LogP contribution in [0.15, 0.2) is 53.5 Å². The Morgan fingerprint density at radius 2 is 1.93 bits per heavy atom. The number of benzene rings is 2. The van der Waals surface area contributed by atoms with Gasteiger partial charge in [0.05, 0.1) is 26.4 Å². The normalized spacial score (nSPS) is 16.2. The zero-order valence-corrected chi connectivity index (χ0v) is 17.7. The molecular weight excluding hydrogens is 383 g/mol. The Labute approximate surface area is 178 Å². The Hall–Kier alpha value is -2.64. The van der Waals surface area contributed by atoms with Crippen LogP contribution in [0.3, 0.4) is 0 Å². The SMILES string of the molecule is CN=C(NCCc1ccc(OC)cc1)NCC(c1cccc(F)c1)N1CCOCC1. The molecule has 0 aromatic heterocycles. The number of rotatable bonds is 8. The van der Waals surface area contributed by atoms with Crippen LogP contribution in [-0.2, 0) is 11.2 Å². The number of nitrogens with one attached hydrogen (secondary N) is 2. The largest absolute Gasteiger partial charge is 0.497 e. The van der Waals surface area contributed by atoms with Crippen LogP contribution in [0.1, 0.15) is 17.2 Å². The molecule has 0 bridgehead atoms. The van der Waals surface area contributed by atoms with Crippen molar-refractivity contribution in [1.29, 1.82) is 0 Å². The fraction of sp³-hybridized carbons (Fsp3) is 0.435. The Balaban J connectivity index is 1.55. The van der Waals surface area contributed by atoms with Gasteiger partial charge in [0.25, 0.3) is 0 Å². The average Bonchev–Trinajstić information content (AvgIpc) is 2.79. The molecule has 30 heavy (non-hydrogen) atoms. The fourth-order valence-corrected chi connectivity index (χ4v) is 3.59. The molecule has 0 radical (unpaired) electrons. The van der Waals surface area contributed by atoms with Crippen molar-refractivity contribution >= 4 is 5.96 Å². The summed E-state index contributed by atoms with van der Waals surface area (Å²) in [7, 11) is 3.43. The fourth-order valence-electron chi connectivity index (χ4n) is 3.59. The van der Waals surface area contributed by atoms with E-state index < -0.39 is 0 Å². The smallest absolute Gasteiger partial charge is 0.191 e. The quantitative estimate of drug-likeness (QED) is 0.514. The Kier molecular flexibility index (Phi) is 8.47. The minimum Gasteiger partial charge on any atom is -0.497 e. The first-order chi connectivity index (χ1) is 14.7. The van der Waals surface area contributed by atoms with Crippen LogP contribution >= 0.6 is 0 Å². The lowest BCUT2D eigenvalue weighted by Gasteiger charge is -2.35. The first kappa shape index (κ1) is 22.1. The summed E-state index contributed by atoms with van der Waals surface area (Å²) in [4.78, 5) is 6.66. The highest BCUT2D eigenvalue weighted by atomic mass is 19.1. The molecule has 0 amide bonds. The molecule has 1 aliphatic rings. The Morgan fingerprint density at radius 1 is 1.17 bits per heavy atom. The van der Waals surface area contributed by atoms with Crippen molar-refractivity contribution in [2.45, 2.75) is 12.5 Å². The second-order valence-corrected chi connectivity index (χ2v) is 7.20. The molecular formula is C23H31FN4O2. The van der Waals surface area contributed by atoms with Gasteiger partial charge in [0.2, 0.25) is 0 Å². The number of nitrogens with zero attached hydrogens (tertiary/aromatic N) is 2. The molecule has 0 saturated carbocycles. The van der Waals surface area contributed by atoms with Crippen molar-refractivity contribution in [3.8, 4) is 5.75 Å². The standard InChI is InChI=1S/C23H31FN4O2/c1-25-23(26-11-10-18-6-8-21(29-2)9-7-18)27-17-22(28-12-14-30-15-13-28)19-4-3-5-20(24)16-19/h3-9,16,22H,10-15,17H2,1-2H3,(H2,25,26,27). The zero-order valence-electron chi connectivity index (χ0n) is 17.7. The van der Waals surface area contributed by atoms with Crippen LogP contribution in [-0.4, -0.2) is 64.4 Å². The van der Waals surface area contributed by atoms with Crippen molar-refractivity contribution < 1.29 is 13.9 Å². The first-order valence-electron chi connectivity index (χ1n) is 10.3. The summed E-state index contributed by atoms with van der Waals surface area (Å²) in [6.45, 7) is 4.43. The van der Waals surface area contributed by atoms with Crippen molar-refractivity contribution in [1.82, 2.24) is 15.5 Å². The molecule has 162 valence electrons. The second kappa shape index (κ2) is 11.5. The Morgan fingerprint density at radius 3 is 2.60 bits per heavy atom. The molecule has 3 rings (SSSR count). The summed E-state index contributed by atoms with van der Waals surface area (Å²) >= 11 is 0. The predicted molar refractivity (Wildman–Crippen MR) is 118 cm³/mol. The van der Waals surface area contributed by atoms with Crippen molar-refractivity contribution in [2.75, 3.05) is 53.6 Å². The summed E-state index contributed by atoms with van der Waals surface area (Å²) in [5, 5.41) is 6.76. The third-order valence-corrected chi connectivity index (χ3v) is 5.27. The summed E-state index contributed by atoms with van der Waals surface area (Å²) in [6, 6.07) is 14.9. The van der Waals surface area contributed by atoms with Gasteiger partial charge in [0.1, 0.15) is 11.6 Å². The van der Waals surface area contributed by atoms with E-state index in [-0.39, 0.29) is 11.9 Å². The van der Waals surface area contributed by atoms with E-state index >= 15 is 0 Å². The second-order valence-electron chi connectivity index (χ2n) is 7.20. The molecule has 1 aliphatic heterocycles. The number of morpholine rings is 1. The van der Waals surface area contributed by atoms with E-state index in [1.165, 1.54) is 11.6 Å². The summed E-state index contributed by atoms with van der Waals surface area (Å²) in [6.07, 6.45) is 0.876. The highest BCUT2D eigenvalue weighted by Gasteiger charge is 2.23. The number of guanidine groups is 1. The van der Waals surface area contributed by atoms with Gasteiger partial charge in [0.15, 0.2) is 5.96 Å². The lowest BCUT2D eigenvalue weighted by molar-refractivity contribution is 0.0169. The average molecular weight is 415 g/mol. The minimum atomic E-state index is -0.215. The van der Waals surface area contributed by atoms with Gasteiger partial charge in [-0.15, -0.1) is 0 Å². The summed E-state index contributed by atoms with van der Waals surface area (Å²) in [5.41, 5.74) is 2.18. The number of aliphatic imine (C=N–C) groups is 1.